The molecule has 11 heteroatoms. The maximum Gasteiger partial charge on any atom is 0.345 e. The first-order valence-corrected chi connectivity index (χ1v) is 11.9. The average molecular weight is 535 g/mol. The number of carboxylic acids is 1. The Bertz CT molecular complexity index is 1450. The third kappa shape index (κ3) is 4.78. The number of nitrogens with zero attached hydrogens (tertiary/aromatic N) is 2. The van der Waals surface area contributed by atoms with Crippen molar-refractivity contribution < 1.29 is 33.3 Å². The molecule has 7 nitrogen and oxygen atoms in total. The molecule has 188 valence electrons. The van der Waals surface area contributed by atoms with E-state index >= 15 is 0 Å². The Hall–Kier alpha value is -3.50. The number of alkyl halides is 2. The van der Waals surface area contributed by atoms with Crippen molar-refractivity contribution in [3.63, 3.8) is 0 Å². The monoisotopic (exact) mass is 534 g/mol. The molecule has 2 N–H and O–H groups in total. The lowest BCUT2D eigenvalue weighted by molar-refractivity contribution is -0.145. The molecule has 0 aliphatic heterocycles. The minimum Gasteiger partial charge on any atom is -0.506 e. The lowest BCUT2D eigenvalue weighted by Crippen LogP contribution is -2.30. The van der Waals surface area contributed by atoms with Gasteiger partial charge in [0.25, 0.3) is 5.92 Å². The van der Waals surface area contributed by atoms with Crippen molar-refractivity contribution in [3.05, 3.63) is 63.8 Å². The highest BCUT2D eigenvalue weighted by atomic mass is 35.5. The molecule has 0 fully saturated rings. The fourth-order valence-electron chi connectivity index (χ4n) is 3.89. The van der Waals surface area contributed by atoms with Crippen LogP contribution < -0.4 is 9.47 Å². The van der Waals surface area contributed by atoms with Gasteiger partial charge >= 0.3 is 5.97 Å². The summed E-state index contributed by atoms with van der Waals surface area (Å²) in [6, 6.07) is 9.67. The van der Waals surface area contributed by atoms with Crippen LogP contribution in [0.4, 0.5) is 8.78 Å². The maximum absolute atomic E-state index is 14.8. The summed E-state index contributed by atoms with van der Waals surface area (Å²) in [6.07, 6.45) is -0.332. The average Bonchev–Trinajstić information content (AvgIpc) is 3.23. The van der Waals surface area contributed by atoms with Crippen LogP contribution in [-0.4, -0.2) is 39.4 Å². The number of phenols is 1. The number of methoxy groups -OCH3 is 1. The summed E-state index contributed by atoms with van der Waals surface area (Å²) >= 11 is 6.97. The number of hydrogen-bond donors (Lipinski definition) is 2. The minimum absolute atomic E-state index is 0.0103. The van der Waals surface area contributed by atoms with Gasteiger partial charge in [-0.25, -0.2) is 23.5 Å². The number of thiophene rings is 1. The molecular formula is C25H21ClF2N2O5S. The van der Waals surface area contributed by atoms with Crippen LogP contribution in [0.25, 0.3) is 21.3 Å². The van der Waals surface area contributed by atoms with Crippen LogP contribution in [0.1, 0.15) is 22.9 Å². The smallest absolute Gasteiger partial charge is 0.345 e. The molecule has 4 rings (SSSR count). The predicted molar refractivity (Wildman–Crippen MR) is 133 cm³/mol. The zero-order valence-corrected chi connectivity index (χ0v) is 21.0. The number of para-hydroxylation sites is 1. The van der Waals surface area contributed by atoms with Crippen LogP contribution in [0.15, 0.2) is 42.7 Å². The molecule has 0 unspecified atom stereocenters. The molecule has 2 aromatic carbocycles. The lowest BCUT2D eigenvalue weighted by atomic mass is 9.96. The second-order valence-corrected chi connectivity index (χ2v) is 9.46. The van der Waals surface area contributed by atoms with Crippen LogP contribution in [0.5, 0.6) is 17.4 Å². The van der Waals surface area contributed by atoms with Gasteiger partial charge in [-0.3, -0.25) is 0 Å². The third-order valence-corrected chi connectivity index (χ3v) is 7.36. The summed E-state index contributed by atoms with van der Waals surface area (Å²) in [6.45, 7) is 2.35. The van der Waals surface area contributed by atoms with E-state index in [1.807, 2.05) is 0 Å². The SMILES string of the molecule is COc1ccccc1C[C@@H](Oc1ncnc2sc(C(C)(F)F)c(-c3ccc(O)c(Cl)c3C)c12)C(=O)O. The number of halogens is 3. The molecule has 0 amide bonds. The highest BCUT2D eigenvalue weighted by Crippen LogP contribution is 2.50. The summed E-state index contributed by atoms with van der Waals surface area (Å²) < 4.78 is 40.7. The predicted octanol–water partition coefficient (Wildman–Crippen LogP) is 6.22. The molecule has 0 saturated heterocycles. The van der Waals surface area contributed by atoms with Crippen LogP contribution >= 0.6 is 22.9 Å². The van der Waals surface area contributed by atoms with Crippen LogP contribution in [0.2, 0.25) is 5.02 Å². The second-order valence-electron chi connectivity index (χ2n) is 8.09. The first-order valence-electron chi connectivity index (χ1n) is 10.7. The van der Waals surface area contributed by atoms with Crippen molar-refractivity contribution in [2.24, 2.45) is 0 Å². The molecule has 4 aromatic rings. The van der Waals surface area contributed by atoms with Gasteiger partial charge in [-0.1, -0.05) is 35.9 Å². The second kappa shape index (κ2) is 9.87. The first-order chi connectivity index (χ1) is 17.0. The quantitative estimate of drug-likeness (QED) is 0.276. The van der Waals surface area contributed by atoms with E-state index < -0.39 is 18.0 Å². The van der Waals surface area contributed by atoms with Gasteiger partial charge in [0, 0.05) is 18.9 Å². The van der Waals surface area contributed by atoms with Crippen molar-refractivity contribution in [1.82, 2.24) is 9.97 Å². The number of aromatic nitrogens is 2. The first kappa shape index (κ1) is 25.6. The van der Waals surface area contributed by atoms with Crippen molar-refractivity contribution in [3.8, 4) is 28.5 Å². The summed E-state index contributed by atoms with van der Waals surface area (Å²) in [7, 11) is 1.47. The van der Waals surface area contributed by atoms with Crippen LogP contribution in [0.3, 0.4) is 0 Å². The number of aromatic hydroxyl groups is 1. The highest BCUT2D eigenvalue weighted by molar-refractivity contribution is 7.19. The largest absolute Gasteiger partial charge is 0.506 e. The van der Waals surface area contributed by atoms with E-state index in [1.54, 1.807) is 31.2 Å². The Morgan fingerprint density at radius 3 is 2.61 bits per heavy atom. The van der Waals surface area contributed by atoms with E-state index in [2.05, 4.69) is 9.97 Å². The van der Waals surface area contributed by atoms with Gasteiger partial charge in [-0.2, -0.15) is 0 Å². The molecule has 0 saturated carbocycles. The molecule has 1 atom stereocenters. The van der Waals surface area contributed by atoms with Gasteiger partial charge in [0.1, 0.15) is 22.7 Å². The van der Waals surface area contributed by atoms with E-state index in [0.29, 0.717) is 22.4 Å². The van der Waals surface area contributed by atoms with Crippen molar-refractivity contribution in [2.75, 3.05) is 7.11 Å². The van der Waals surface area contributed by atoms with Crippen molar-refractivity contribution in [2.45, 2.75) is 32.3 Å². The summed E-state index contributed by atoms with van der Waals surface area (Å²) in [5.41, 5.74) is 1.33. The van der Waals surface area contributed by atoms with Gasteiger partial charge in [-0.15, -0.1) is 11.3 Å². The zero-order chi connectivity index (χ0) is 26.2. The minimum atomic E-state index is -3.27. The Kier molecular flexibility index (Phi) is 7.01. The van der Waals surface area contributed by atoms with Gasteiger partial charge < -0.3 is 19.7 Å². The van der Waals surface area contributed by atoms with E-state index in [1.165, 1.54) is 19.2 Å². The van der Waals surface area contributed by atoms with Gasteiger partial charge in [-0.05, 0) is 35.7 Å². The normalized spacial score (nSPS) is 12.5. The highest BCUT2D eigenvalue weighted by Gasteiger charge is 2.35. The number of rotatable bonds is 8. The number of carbonyl (C=O) groups is 1. The van der Waals surface area contributed by atoms with Crippen molar-refractivity contribution in [1.29, 1.82) is 0 Å². The van der Waals surface area contributed by atoms with Crippen LogP contribution in [0, 0.1) is 6.92 Å². The Morgan fingerprint density at radius 1 is 1.22 bits per heavy atom. The van der Waals surface area contributed by atoms with Gasteiger partial charge in [0.15, 0.2) is 0 Å². The lowest BCUT2D eigenvalue weighted by Gasteiger charge is -2.18. The number of hydrogen-bond acceptors (Lipinski definition) is 7. The molecular weight excluding hydrogens is 514 g/mol. The fourth-order valence-corrected chi connectivity index (χ4v) is 5.13. The Morgan fingerprint density at radius 2 is 1.94 bits per heavy atom. The maximum atomic E-state index is 14.8. The summed E-state index contributed by atoms with van der Waals surface area (Å²) in [5, 5.41) is 20.0. The molecule has 0 aliphatic rings. The zero-order valence-electron chi connectivity index (χ0n) is 19.4. The van der Waals surface area contributed by atoms with E-state index in [9.17, 15) is 23.8 Å². The molecule has 0 aliphatic carbocycles. The van der Waals surface area contributed by atoms with E-state index in [4.69, 9.17) is 21.1 Å². The number of fused-ring (bicyclic) bond motifs is 1. The molecule has 0 radical (unpaired) electrons. The number of benzene rings is 2. The number of aliphatic carboxylic acids is 1. The molecule has 2 aromatic heterocycles. The third-order valence-electron chi connectivity index (χ3n) is 5.61. The fraction of sp³-hybridized carbons (Fsp3) is 0.240. The number of carboxylic acid groups (broad SMARTS) is 1. The van der Waals surface area contributed by atoms with Crippen molar-refractivity contribution >= 4 is 39.1 Å². The van der Waals surface area contributed by atoms with Crippen LogP contribution in [-0.2, 0) is 17.1 Å². The molecule has 0 spiro atoms. The Labute approximate surface area is 213 Å². The molecule has 0 bridgehead atoms. The number of ether oxygens (including phenoxy) is 2. The summed E-state index contributed by atoms with van der Waals surface area (Å²) in [5.74, 6) is -4.41. The standard InChI is InChI=1S/C25H21ClF2N2O5S/c1-12-14(8-9-15(31)20(12)26)18-19-22(29-11-30-23(19)36-21(18)25(2,27)28)35-17(24(32)33)10-13-6-4-5-7-16(13)34-3/h4-9,11,17,31H,10H2,1-3H3,(H,32,33)/t17-/m1/s1. The summed E-state index contributed by atoms with van der Waals surface area (Å²) in [4.78, 5) is 20.3. The number of phenolic OH excluding ortho intramolecular Hbond substituents is 1. The Balaban J connectivity index is 1.90. The molecule has 36 heavy (non-hydrogen) atoms. The molecule has 2 heterocycles. The van der Waals surface area contributed by atoms with Gasteiger partial charge in [0.05, 0.1) is 22.4 Å². The van der Waals surface area contributed by atoms with E-state index in [0.717, 1.165) is 24.6 Å². The van der Waals surface area contributed by atoms with E-state index in [-0.39, 0.29) is 43.7 Å². The van der Waals surface area contributed by atoms with Gasteiger partial charge in [0.2, 0.25) is 12.0 Å². The topological polar surface area (TPSA) is 102 Å².